The van der Waals surface area contributed by atoms with E-state index >= 15 is 0 Å². The van der Waals surface area contributed by atoms with E-state index in [0.29, 0.717) is 28.2 Å². The summed E-state index contributed by atoms with van der Waals surface area (Å²) in [5.74, 6) is 1.21. The number of ether oxygens (including phenoxy) is 6. The Morgan fingerprint density at radius 1 is 0.837 bits per heavy atom. The highest BCUT2D eigenvalue weighted by molar-refractivity contribution is 5.99. The minimum absolute atomic E-state index is 0.0362. The van der Waals surface area contributed by atoms with Gasteiger partial charge in [-0.15, -0.1) is 0 Å². The van der Waals surface area contributed by atoms with E-state index in [1.165, 1.54) is 6.92 Å². The van der Waals surface area contributed by atoms with Crippen molar-refractivity contribution in [1.29, 1.82) is 0 Å². The van der Waals surface area contributed by atoms with Crippen LogP contribution in [0.2, 0.25) is 0 Å². The molecule has 1 aromatic heterocycles. The van der Waals surface area contributed by atoms with Gasteiger partial charge in [0.2, 0.25) is 13.1 Å². The average Bonchev–Trinajstić information content (AvgIpc) is 3.63. The summed E-state index contributed by atoms with van der Waals surface area (Å²) in [5, 5.41) is 73.6. The molecule has 0 bridgehead atoms. The Balaban J connectivity index is 1.30. The Hall–Kier alpha value is -3.02. The van der Waals surface area contributed by atoms with Crippen LogP contribution in [-0.4, -0.2) is 115 Å². The van der Waals surface area contributed by atoms with Gasteiger partial charge in [-0.25, -0.2) is 0 Å². The number of aryl methyl sites for hydroxylation is 1. The van der Waals surface area contributed by atoms with E-state index in [9.17, 15) is 35.7 Å². The lowest BCUT2D eigenvalue weighted by atomic mass is 9.96. The molecule has 2 saturated heterocycles. The SMILES string of the molecule is CC1OC(OCC2OC(Oc3ccc4ccn(C)c4c3-c3cc4c(cc3CO)OCO4)C(O)C(O)C2O)C(O)C(O)C1O. The van der Waals surface area contributed by atoms with Gasteiger partial charge in [-0.3, -0.25) is 0 Å². The van der Waals surface area contributed by atoms with Crippen molar-refractivity contribution in [2.45, 2.75) is 74.9 Å². The van der Waals surface area contributed by atoms with Crippen molar-refractivity contribution >= 4 is 10.9 Å². The molecule has 3 aromatic rings. The van der Waals surface area contributed by atoms with Crippen LogP contribution in [0.3, 0.4) is 0 Å². The Bertz CT molecular complexity index is 1460. The Labute approximate surface area is 245 Å². The number of benzene rings is 2. The van der Waals surface area contributed by atoms with Crippen molar-refractivity contribution < 1.29 is 64.2 Å². The molecule has 14 heteroatoms. The highest BCUT2D eigenvalue weighted by atomic mass is 16.7. The molecule has 6 rings (SSSR count). The lowest BCUT2D eigenvalue weighted by molar-refractivity contribution is -0.318. The molecule has 3 aliphatic rings. The highest BCUT2D eigenvalue weighted by Gasteiger charge is 2.47. The van der Waals surface area contributed by atoms with Gasteiger partial charge < -0.3 is 68.7 Å². The molecule has 4 heterocycles. The average molecular weight is 606 g/mol. The zero-order valence-electron chi connectivity index (χ0n) is 23.4. The third-order valence-corrected chi connectivity index (χ3v) is 8.18. The van der Waals surface area contributed by atoms with Gasteiger partial charge >= 0.3 is 0 Å². The monoisotopic (exact) mass is 605 g/mol. The minimum atomic E-state index is -1.70. The topological polar surface area (TPSA) is 202 Å². The molecule has 10 atom stereocenters. The van der Waals surface area contributed by atoms with Crippen molar-refractivity contribution in [3.63, 3.8) is 0 Å². The third-order valence-electron chi connectivity index (χ3n) is 8.18. The standard InChI is InChI=1S/C29H35NO13/c1-12-22(32)24(34)26(36)28(41-12)38-10-19-23(33)25(35)27(37)29(43-19)42-16-4-3-13-5-6-30(2)21(13)20(16)15-8-18-17(39-11-40-18)7-14(15)9-31/h3-8,12,19,22-29,31-37H,9-11H2,1-2H3. The van der Waals surface area contributed by atoms with E-state index in [1.54, 1.807) is 18.2 Å². The summed E-state index contributed by atoms with van der Waals surface area (Å²) in [6.07, 6.45) is -12.5. The first-order valence-electron chi connectivity index (χ1n) is 13.9. The molecule has 14 nitrogen and oxygen atoms in total. The van der Waals surface area contributed by atoms with Crippen LogP contribution in [0.4, 0.5) is 0 Å². The van der Waals surface area contributed by atoms with Crippen LogP contribution in [0.1, 0.15) is 12.5 Å². The van der Waals surface area contributed by atoms with E-state index in [-0.39, 0.29) is 19.1 Å². The fraction of sp³-hybridized carbons (Fsp3) is 0.517. The summed E-state index contributed by atoms with van der Waals surface area (Å²) in [5.41, 5.74) is 2.41. The summed E-state index contributed by atoms with van der Waals surface area (Å²) in [7, 11) is 1.85. The zero-order chi connectivity index (χ0) is 30.6. The van der Waals surface area contributed by atoms with Gasteiger partial charge in [-0.1, -0.05) is 0 Å². The molecule has 43 heavy (non-hydrogen) atoms. The maximum absolute atomic E-state index is 10.9. The van der Waals surface area contributed by atoms with Gasteiger partial charge in [0.1, 0.15) is 48.5 Å². The van der Waals surface area contributed by atoms with Crippen molar-refractivity contribution in [3.05, 3.63) is 42.1 Å². The molecule has 2 fully saturated rings. The van der Waals surface area contributed by atoms with Gasteiger partial charge in [0.15, 0.2) is 17.8 Å². The van der Waals surface area contributed by atoms with Gasteiger partial charge in [0.05, 0.1) is 24.8 Å². The molecule has 10 unspecified atom stereocenters. The predicted octanol–water partition coefficient (Wildman–Crippen LogP) is -0.903. The van der Waals surface area contributed by atoms with Crippen LogP contribution in [0.25, 0.3) is 22.0 Å². The lowest BCUT2D eigenvalue weighted by Gasteiger charge is -2.42. The Kier molecular flexibility index (Phi) is 8.25. The fourth-order valence-electron chi connectivity index (χ4n) is 5.69. The molecular weight excluding hydrogens is 570 g/mol. The summed E-state index contributed by atoms with van der Waals surface area (Å²) in [4.78, 5) is 0. The van der Waals surface area contributed by atoms with E-state index in [4.69, 9.17) is 28.4 Å². The molecule has 0 radical (unpaired) electrons. The van der Waals surface area contributed by atoms with Crippen LogP contribution in [0.5, 0.6) is 17.2 Å². The van der Waals surface area contributed by atoms with Gasteiger partial charge in [0, 0.05) is 24.2 Å². The smallest absolute Gasteiger partial charge is 0.231 e. The molecule has 0 saturated carbocycles. The van der Waals surface area contributed by atoms with Crippen molar-refractivity contribution in [2.24, 2.45) is 7.05 Å². The fourth-order valence-corrected chi connectivity index (χ4v) is 5.69. The lowest BCUT2D eigenvalue weighted by Crippen LogP contribution is -2.61. The number of aromatic nitrogens is 1. The van der Waals surface area contributed by atoms with Crippen LogP contribution >= 0.6 is 0 Å². The quantitative estimate of drug-likeness (QED) is 0.175. The van der Waals surface area contributed by atoms with Crippen LogP contribution in [-0.2, 0) is 27.9 Å². The van der Waals surface area contributed by atoms with Crippen LogP contribution < -0.4 is 14.2 Å². The first-order chi connectivity index (χ1) is 20.6. The summed E-state index contributed by atoms with van der Waals surface area (Å²) >= 11 is 0. The number of aliphatic hydroxyl groups is 7. The highest BCUT2D eigenvalue weighted by Crippen LogP contribution is 2.45. The maximum atomic E-state index is 10.9. The third kappa shape index (κ3) is 5.33. The molecule has 234 valence electrons. The molecule has 0 amide bonds. The zero-order valence-corrected chi connectivity index (χ0v) is 23.4. The molecule has 7 N–H and O–H groups in total. The summed E-state index contributed by atoms with van der Waals surface area (Å²) in [6.45, 7) is 0.783. The molecule has 2 aromatic carbocycles. The van der Waals surface area contributed by atoms with Crippen molar-refractivity contribution in [3.8, 4) is 28.4 Å². The summed E-state index contributed by atoms with van der Waals surface area (Å²) in [6, 6.07) is 8.80. The van der Waals surface area contributed by atoms with E-state index in [0.717, 1.165) is 10.9 Å². The molecule has 0 spiro atoms. The second kappa shape index (κ2) is 11.8. The summed E-state index contributed by atoms with van der Waals surface area (Å²) < 4.78 is 36.0. The Morgan fingerprint density at radius 3 is 2.28 bits per heavy atom. The van der Waals surface area contributed by atoms with E-state index in [2.05, 4.69) is 0 Å². The van der Waals surface area contributed by atoms with E-state index < -0.39 is 68.0 Å². The number of hydrogen-bond acceptors (Lipinski definition) is 13. The number of fused-ring (bicyclic) bond motifs is 2. The van der Waals surface area contributed by atoms with Crippen molar-refractivity contribution in [1.82, 2.24) is 4.57 Å². The minimum Gasteiger partial charge on any atom is -0.461 e. The second-order valence-corrected chi connectivity index (χ2v) is 11.0. The van der Waals surface area contributed by atoms with E-state index in [1.807, 2.05) is 29.9 Å². The number of hydrogen-bond donors (Lipinski definition) is 7. The Morgan fingerprint density at radius 2 is 1.53 bits per heavy atom. The largest absolute Gasteiger partial charge is 0.461 e. The van der Waals surface area contributed by atoms with Crippen LogP contribution in [0.15, 0.2) is 36.5 Å². The number of aliphatic hydroxyl groups excluding tert-OH is 7. The number of nitrogens with zero attached hydrogens (tertiary/aromatic N) is 1. The van der Waals surface area contributed by atoms with Gasteiger partial charge in [-0.05, 0) is 48.4 Å². The second-order valence-electron chi connectivity index (χ2n) is 11.0. The first-order valence-corrected chi connectivity index (χ1v) is 13.9. The molecule has 0 aliphatic carbocycles. The predicted molar refractivity (Wildman–Crippen MR) is 146 cm³/mol. The molecule has 3 aliphatic heterocycles. The van der Waals surface area contributed by atoms with Crippen LogP contribution in [0, 0.1) is 0 Å². The first kappa shape index (κ1) is 30.0. The van der Waals surface area contributed by atoms with Gasteiger partial charge in [-0.2, -0.15) is 0 Å². The normalized spacial score (nSPS) is 34.1. The number of rotatable bonds is 7. The van der Waals surface area contributed by atoms with Gasteiger partial charge in [0.25, 0.3) is 0 Å². The van der Waals surface area contributed by atoms with Crippen molar-refractivity contribution in [2.75, 3.05) is 13.4 Å². The maximum Gasteiger partial charge on any atom is 0.231 e. The molecular formula is C29H35NO13.